The van der Waals surface area contributed by atoms with Crippen molar-refractivity contribution < 1.29 is 9.13 Å². The fourth-order valence-corrected chi connectivity index (χ4v) is 2.26. The zero-order valence-electron chi connectivity index (χ0n) is 10.7. The Morgan fingerprint density at radius 3 is 2.65 bits per heavy atom. The summed E-state index contributed by atoms with van der Waals surface area (Å²) in [6.07, 6.45) is 2.61. The number of rotatable bonds is 5. The Labute approximate surface area is 102 Å². The van der Waals surface area contributed by atoms with Crippen LogP contribution in [0.1, 0.15) is 38.3 Å². The maximum Gasteiger partial charge on any atom is 0.123 e. The zero-order valence-corrected chi connectivity index (χ0v) is 10.7. The lowest BCUT2D eigenvalue weighted by atomic mass is 10.1. The quantitative estimate of drug-likeness (QED) is 0.848. The molecule has 0 aromatic heterocycles. The summed E-state index contributed by atoms with van der Waals surface area (Å²) in [7, 11) is 1.62. The van der Waals surface area contributed by atoms with Crippen LogP contribution in [0.3, 0.4) is 0 Å². The van der Waals surface area contributed by atoms with Crippen LogP contribution in [0.4, 0.5) is 4.39 Å². The minimum absolute atomic E-state index is 0.108. The molecule has 1 aliphatic carbocycles. The van der Waals surface area contributed by atoms with Crippen molar-refractivity contribution >= 4 is 0 Å². The Bertz CT molecular complexity index is 390. The molecule has 0 bridgehead atoms. The highest BCUT2D eigenvalue weighted by Crippen LogP contribution is 2.34. The van der Waals surface area contributed by atoms with Crippen LogP contribution >= 0.6 is 0 Å². The second-order valence-corrected chi connectivity index (χ2v) is 4.90. The SMILES string of the molecule is COc1ccc(F)cc1C(C)NC(C)C1CC1. The first-order valence-electron chi connectivity index (χ1n) is 6.21. The highest BCUT2D eigenvalue weighted by atomic mass is 19.1. The third kappa shape index (κ3) is 2.97. The minimum atomic E-state index is -0.214. The molecule has 0 aliphatic heterocycles. The molecule has 94 valence electrons. The van der Waals surface area contributed by atoms with E-state index in [0.717, 1.165) is 17.2 Å². The molecule has 0 saturated heterocycles. The van der Waals surface area contributed by atoms with Gasteiger partial charge in [0.05, 0.1) is 7.11 Å². The molecule has 0 spiro atoms. The monoisotopic (exact) mass is 237 g/mol. The van der Waals surface area contributed by atoms with Crippen molar-refractivity contribution in [2.75, 3.05) is 7.11 Å². The van der Waals surface area contributed by atoms with E-state index < -0.39 is 0 Å². The lowest BCUT2D eigenvalue weighted by Crippen LogP contribution is -2.30. The number of hydrogen-bond acceptors (Lipinski definition) is 2. The predicted molar refractivity (Wildman–Crippen MR) is 66.7 cm³/mol. The van der Waals surface area contributed by atoms with Crippen molar-refractivity contribution in [3.8, 4) is 5.75 Å². The topological polar surface area (TPSA) is 21.3 Å². The van der Waals surface area contributed by atoms with E-state index in [1.807, 2.05) is 0 Å². The molecule has 1 aromatic carbocycles. The van der Waals surface area contributed by atoms with Crippen molar-refractivity contribution in [3.05, 3.63) is 29.6 Å². The van der Waals surface area contributed by atoms with Crippen LogP contribution < -0.4 is 10.1 Å². The van der Waals surface area contributed by atoms with Crippen molar-refractivity contribution in [1.29, 1.82) is 0 Å². The summed E-state index contributed by atoms with van der Waals surface area (Å²) in [5.74, 6) is 1.32. The van der Waals surface area contributed by atoms with Crippen molar-refractivity contribution in [2.45, 2.75) is 38.8 Å². The van der Waals surface area contributed by atoms with E-state index in [0.29, 0.717) is 6.04 Å². The molecule has 1 aliphatic rings. The molecule has 0 radical (unpaired) electrons. The largest absolute Gasteiger partial charge is 0.496 e. The molecule has 1 aromatic rings. The molecule has 17 heavy (non-hydrogen) atoms. The van der Waals surface area contributed by atoms with Gasteiger partial charge in [0.1, 0.15) is 11.6 Å². The molecule has 0 heterocycles. The maximum absolute atomic E-state index is 13.3. The minimum Gasteiger partial charge on any atom is -0.496 e. The van der Waals surface area contributed by atoms with E-state index in [-0.39, 0.29) is 11.9 Å². The van der Waals surface area contributed by atoms with E-state index in [1.165, 1.54) is 18.9 Å². The van der Waals surface area contributed by atoms with Crippen LogP contribution in [-0.2, 0) is 0 Å². The zero-order chi connectivity index (χ0) is 12.4. The van der Waals surface area contributed by atoms with Gasteiger partial charge in [0.25, 0.3) is 0 Å². The van der Waals surface area contributed by atoms with Gasteiger partial charge in [0.15, 0.2) is 0 Å². The highest BCUT2D eigenvalue weighted by Gasteiger charge is 2.29. The second kappa shape index (κ2) is 5.05. The van der Waals surface area contributed by atoms with Crippen LogP contribution in [0.5, 0.6) is 5.75 Å². The van der Waals surface area contributed by atoms with Crippen molar-refractivity contribution in [3.63, 3.8) is 0 Å². The average molecular weight is 237 g/mol. The molecule has 1 fully saturated rings. The first-order chi connectivity index (χ1) is 8.11. The van der Waals surface area contributed by atoms with Crippen LogP contribution in [-0.4, -0.2) is 13.2 Å². The second-order valence-electron chi connectivity index (χ2n) is 4.90. The summed E-state index contributed by atoms with van der Waals surface area (Å²) in [5.41, 5.74) is 0.889. The van der Waals surface area contributed by atoms with Gasteiger partial charge in [-0.3, -0.25) is 0 Å². The van der Waals surface area contributed by atoms with Gasteiger partial charge in [-0.05, 0) is 50.8 Å². The summed E-state index contributed by atoms with van der Waals surface area (Å²) in [4.78, 5) is 0. The Morgan fingerprint density at radius 2 is 2.06 bits per heavy atom. The highest BCUT2D eigenvalue weighted by molar-refractivity contribution is 5.36. The molecule has 2 unspecified atom stereocenters. The van der Waals surface area contributed by atoms with Gasteiger partial charge in [0, 0.05) is 17.6 Å². The van der Waals surface area contributed by atoms with Gasteiger partial charge in [-0.15, -0.1) is 0 Å². The van der Waals surface area contributed by atoms with Crippen LogP contribution in [0.25, 0.3) is 0 Å². The Hall–Kier alpha value is -1.09. The number of halogens is 1. The fraction of sp³-hybridized carbons (Fsp3) is 0.571. The standard InChI is InChI=1S/C14H20FNO/c1-9(11-4-5-11)16-10(2)13-8-12(15)6-7-14(13)17-3/h6-11,16H,4-5H2,1-3H3. The lowest BCUT2D eigenvalue weighted by Gasteiger charge is -2.21. The molecule has 2 atom stereocenters. The van der Waals surface area contributed by atoms with Gasteiger partial charge < -0.3 is 10.1 Å². The van der Waals surface area contributed by atoms with E-state index >= 15 is 0 Å². The third-order valence-electron chi connectivity index (χ3n) is 3.50. The summed E-state index contributed by atoms with van der Waals surface area (Å²) >= 11 is 0. The molecule has 2 rings (SSSR count). The summed E-state index contributed by atoms with van der Waals surface area (Å²) in [6.45, 7) is 4.25. The summed E-state index contributed by atoms with van der Waals surface area (Å²) < 4.78 is 18.5. The number of benzene rings is 1. The van der Waals surface area contributed by atoms with Crippen molar-refractivity contribution in [1.82, 2.24) is 5.32 Å². The van der Waals surface area contributed by atoms with Gasteiger partial charge >= 0.3 is 0 Å². The van der Waals surface area contributed by atoms with E-state index in [1.54, 1.807) is 19.2 Å². The van der Waals surface area contributed by atoms with Crippen LogP contribution in [0.2, 0.25) is 0 Å². The Morgan fingerprint density at radius 1 is 1.35 bits per heavy atom. The molecule has 2 nitrogen and oxygen atoms in total. The van der Waals surface area contributed by atoms with E-state index in [9.17, 15) is 4.39 Å². The first kappa shape index (κ1) is 12.4. The van der Waals surface area contributed by atoms with Gasteiger partial charge in [-0.1, -0.05) is 0 Å². The first-order valence-corrected chi connectivity index (χ1v) is 6.21. The average Bonchev–Trinajstić information content (AvgIpc) is 3.12. The molecule has 3 heteroatoms. The smallest absolute Gasteiger partial charge is 0.123 e. The number of hydrogen-bond donors (Lipinski definition) is 1. The number of ether oxygens (including phenoxy) is 1. The number of methoxy groups -OCH3 is 1. The van der Waals surface area contributed by atoms with Gasteiger partial charge in [-0.2, -0.15) is 0 Å². The van der Waals surface area contributed by atoms with Gasteiger partial charge in [0.2, 0.25) is 0 Å². The molecule has 0 amide bonds. The van der Waals surface area contributed by atoms with Gasteiger partial charge in [-0.25, -0.2) is 4.39 Å². The normalized spacial score (nSPS) is 18.8. The molecular formula is C14H20FNO. The number of nitrogens with one attached hydrogen (secondary N) is 1. The Balaban J connectivity index is 2.10. The van der Waals surface area contributed by atoms with Crippen LogP contribution in [0.15, 0.2) is 18.2 Å². The summed E-state index contributed by atoms with van der Waals surface area (Å²) in [5, 5.41) is 3.51. The summed E-state index contributed by atoms with van der Waals surface area (Å²) in [6, 6.07) is 5.26. The van der Waals surface area contributed by atoms with Crippen LogP contribution in [0, 0.1) is 11.7 Å². The Kier molecular flexibility index (Phi) is 3.67. The lowest BCUT2D eigenvalue weighted by molar-refractivity contribution is 0.387. The maximum atomic E-state index is 13.3. The molecule has 1 saturated carbocycles. The fourth-order valence-electron chi connectivity index (χ4n) is 2.26. The van der Waals surface area contributed by atoms with E-state index in [2.05, 4.69) is 19.2 Å². The predicted octanol–water partition coefficient (Wildman–Crippen LogP) is 3.28. The molecule has 1 N–H and O–H groups in total. The van der Waals surface area contributed by atoms with Crippen molar-refractivity contribution in [2.24, 2.45) is 5.92 Å². The third-order valence-corrected chi connectivity index (χ3v) is 3.50. The van der Waals surface area contributed by atoms with E-state index in [4.69, 9.17) is 4.74 Å². The molecular weight excluding hydrogens is 217 g/mol.